The van der Waals surface area contributed by atoms with Crippen molar-refractivity contribution in [2.24, 2.45) is 0 Å². The van der Waals surface area contributed by atoms with Crippen molar-refractivity contribution < 1.29 is 0 Å². The van der Waals surface area contributed by atoms with E-state index in [2.05, 4.69) is 23.7 Å². The van der Waals surface area contributed by atoms with Crippen molar-refractivity contribution in [3.63, 3.8) is 0 Å². The fraction of sp³-hybridized carbons (Fsp3) is 0.333. The molecule has 2 nitrogen and oxygen atoms in total. The maximum absolute atomic E-state index is 5.65. The summed E-state index contributed by atoms with van der Waals surface area (Å²) in [6.45, 7) is 0.937. The van der Waals surface area contributed by atoms with Crippen molar-refractivity contribution in [2.45, 2.75) is 6.54 Å². The number of benzene rings is 1. The Bertz CT molecular complexity index is 250. The molecule has 0 bridgehead atoms. The second kappa shape index (κ2) is 4.38. The number of nitrogens with two attached hydrogens (primary N) is 1. The predicted octanol–water partition coefficient (Wildman–Crippen LogP) is 1.98. The van der Waals surface area contributed by atoms with E-state index in [0.29, 0.717) is 0 Å². The van der Waals surface area contributed by atoms with Gasteiger partial charge in [0, 0.05) is 12.2 Å². The highest BCUT2D eigenvalue weighted by Gasteiger charge is 1.97. The Kier molecular flexibility index (Phi) is 3.44. The molecule has 0 heterocycles. The van der Waals surface area contributed by atoms with Gasteiger partial charge in [0.05, 0.1) is 0 Å². The van der Waals surface area contributed by atoms with Crippen LogP contribution in [0.5, 0.6) is 0 Å². The summed E-state index contributed by atoms with van der Waals surface area (Å²) in [5.74, 6) is 0. The zero-order valence-electron chi connectivity index (χ0n) is 7.45. The number of nitrogens with zero attached hydrogens (tertiary/aromatic N) is 1. The quantitative estimate of drug-likeness (QED) is 0.572. The van der Waals surface area contributed by atoms with E-state index in [1.165, 1.54) is 5.56 Å². The first-order valence-electron chi connectivity index (χ1n) is 3.82. The molecule has 0 radical (unpaired) electrons. The molecule has 1 rings (SSSR count). The van der Waals surface area contributed by atoms with Crippen molar-refractivity contribution in [2.75, 3.05) is 19.0 Å². The Morgan fingerprint density at radius 1 is 1.50 bits per heavy atom. The maximum Gasteiger partial charge on any atom is 0.0338 e. The lowest BCUT2D eigenvalue weighted by atomic mass is 10.2. The van der Waals surface area contributed by atoms with Crippen LogP contribution in [0.15, 0.2) is 24.3 Å². The first kappa shape index (κ1) is 9.42. The normalized spacial score (nSPS) is 10.6. The van der Waals surface area contributed by atoms with Gasteiger partial charge in [0.25, 0.3) is 0 Å². The molecule has 0 unspecified atom stereocenters. The van der Waals surface area contributed by atoms with Crippen molar-refractivity contribution in [1.29, 1.82) is 0 Å². The summed E-state index contributed by atoms with van der Waals surface area (Å²) in [5, 5.41) is 0. The van der Waals surface area contributed by atoms with Gasteiger partial charge in [0.1, 0.15) is 0 Å². The van der Waals surface area contributed by atoms with E-state index in [4.69, 9.17) is 5.73 Å². The summed E-state index contributed by atoms with van der Waals surface area (Å²) in [6.07, 6.45) is 2.06. The van der Waals surface area contributed by atoms with E-state index in [9.17, 15) is 0 Å². The third kappa shape index (κ3) is 2.75. The van der Waals surface area contributed by atoms with Crippen molar-refractivity contribution >= 4 is 17.6 Å². The van der Waals surface area contributed by atoms with Gasteiger partial charge in [-0.1, -0.05) is 24.1 Å². The first-order chi connectivity index (χ1) is 5.72. The van der Waals surface area contributed by atoms with Crippen LogP contribution in [0, 0.1) is 0 Å². The van der Waals surface area contributed by atoms with Gasteiger partial charge in [-0.05, 0) is 31.0 Å². The molecule has 1 aromatic carbocycles. The monoisotopic (exact) mass is 182 g/mol. The van der Waals surface area contributed by atoms with E-state index in [0.717, 1.165) is 12.2 Å². The molecule has 0 saturated carbocycles. The van der Waals surface area contributed by atoms with Crippen LogP contribution in [0.25, 0.3) is 0 Å². The minimum absolute atomic E-state index is 0.835. The average Bonchev–Trinajstić information content (AvgIpc) is 2.04. The van der Waals surface area contributed by atoms with E-state index >= 15 is 0 Å². The lowest BCUT2D eigenvalue weighted by Crippen LogP contribution is -2.07. The summed E-state index contributed by atoms with van der Waals surface area (Å²) in [7, 11) is 2.06. The van der Waals surface area contributed by atoms with Crippen molar-refractivity contribution in [3.05, 3.63) is 29.8 Å². The first-order valence-corrected chi connectivity index (χ1v) is 5.00. The summed E-state index contributed by atoms with van der Waals surface area (Å²) in [4.78, 5) is 0. The van der Waals surface area contributed by atoms with E-state index in [1.54, 1.807) is 11.9 Å². The molecule has 0 aliphatic carbocycles. The van der Waals surface area contributed by atoms with Gasteiger partial charge in [0.2, 0.25) is 0 Å². The zero-order chi connectivity index (χ0) is 8.97. The standard InChI is InChI=1S/C9H14N2S/c1-11(12-2)7-8-4-3-5-9(10)6-8/h3-6H,7,10H2,1-2H3. The molecule has 1 aromatic rings. The molecule has 66 valence electrons. The Morgan fingerprint density at radius 2 is 2.25 bits per heavy atom. The third-order valence-electron chi connectivity index (χ3n) is 1.67. The van der Waals surface area contributed by atoms with Crippen LogP contribution in [-0.2, 0) is 6.54 Å². The van der Waals surface area contributed by atoms with Crippen molar-refractivity contribution in [3.8, 4) is 0 Å². The largest absolute Gasteiger partial charge is 0.399 e. The molecule has 0 aliphatic heterocycles. The molecular formula is C9H14N2S. The molecule has 12 heavy (non-hydrogen) atoms. The third-order valence-corrected chi connectivity index (χ3v) is 2.42. The number of nitrogen functional groups attached to an aromatic ring is 1. The number of hydrogen-bond acceptors (Lipinski definition) is 3. The number of hydrogen-bond donors (Lipinski definition) is 1. The number of anilines is 1. The molecule has 0 spiro atoms. The van der Waals surface area contributed by atoms with Crippen LogP contribution < -0.4 is 5.73 Å². The van der Waals surface area contributed by atoms with E-state index < -0.39 is 0 Å². The number of rotatable bonds is 3. The van der Waals surface area contributed by atoms with Gasteiger partial charge in [-0.25, -0.2) is 4.31 Å². The van der Waals surface area contributed by atoms with Gasteiger partial charge in [-0.2, -0.15) is 0 Å². The highest BCUT2D eigenvalue weighted by molar-refractivity contribution is 7.96. The summed E-state index contributed by atoms with van der Waals surface area (Å²) < 4.78 is 2.16. The Hall–Kier alpha value is -0.670. The van der Waals surface area contributed by atoms with Gasteiger partial charge in [0.15, 0.2) is 0 Å². The summed E-state index contributed by atoms with van der Waals surface area (Å²) in [6, 6.07) is 7.98. The molecular weight excluding hydrogens is 168 g/mol. The lowest BCUT2D eigenvalue weighted by molar-refractivity contribution is 0.567. The van der Waals surface area contributed by atoms with Gasteiger partial charge >= 0.3 is 0 Å². The lowest BCUT2D eigenvalue weighted by Gasteiger charge is -2.12. The van der Waals surface area contributed by atoms with Gasteiger partial charge in [-0.15, -0.1) is 0 Å². The molecule has 2 N–H and O–H groups in total. The molecule has 0 aromatic heterocycles. The SMILES string of the molecule is CSN(C)Cc1cccc(N)c1. The molecule has 0 saturated heterocycles. The average molecular weight is 182 g/mol. The second-order valence-corrected chi connectivity index (χ2v) is 3.70. The fourth-order valence-electron chi connectivity index (χ4n) is 1.01. The predicted molar refractivity (Wildman–Crippen MR) is 55.8 cm³/mol. The van der Waals surface area contributed by atoms with Crippen LogP contribution in [0.3, 0.4) is 0 Å². The van der Waals surface area contributed by atoms with E-state index in [1.807, 2.05) is 18.2 Å². The molecule has 3 heteroatoms. The molecule has 0 aliphatic rings. The van der Waals surface area contributed by atoms with Gasteiger partial charge < -0.3 is 5.73 Å². The topological polar surface area (TPSA) is 29.3 Å². The van der Waals surface area contributed by atoms with Crippen LogP contribution in [0.2, 0.25) is 0 Å². The second-order valence-electron chi connectivity index (χ2n) is 2.71. The summed E-state index contributed by atoms with van der Waals surface area (Å²) in [5.41, 5.74) is 7.74. The van der Waals surface area contributed by atoms with Crippen LogP contribution in [0.1, 0.15) is 5.56 Å². The minimum atomic E-state index is 0.835. The Labute approximate surface area is 77.9 Å². The van der Waals surface area contributed by atoms with Crippen LogP contribution in [0.4, 0.5) is 5.69 Å². The Balaban J connectivity index is 2.63. The van der Waals surface area contributed by atoms with Crippen LogP contribution >= 0.6 is 11.9 Å². The summed E-state index contributed by atoms with van der Waals surface area (Å²) >= 11 is 1.72. The molecule has 0 atom stereocenters. The molecule has 0 amide bonds. The highest BCUT2D eigenvalue weighted by Crippen LogP contribution is 2.11. The Morgan fingerprint density at radius 3 is 2.83 bits per heavy atom. The minimum Gasteiger partial charge on any atom is -0.399 e. The molecule has 0 fully saturated rings. The maximum atomic E-state index is 5.65. The van der Waals surface area contributed by atoms with Crippen molar-refractivity contribution in [1.82, 2.24) is 4.31 Å². The van der Waals surface area contributed by atoms with Crippen LogP contribution in [-0.4, -0.2) is 17.6 Å². The van der Waals surface area contributed by atoms with E-state index in [-0.39, 0.29) is 0 Å². The highest BCUT2D eigenvalue weighted by atomic mass is 32.2. The fourth-order valence-corrected chi connectivity index (χ4v) is 1.29. The zero-order valence-corrected chi connectivity index (χ0v) is 8.27. The van der Waals surface area contributed by atoms with Gasteiger partial charge in [-0.3, -0.25) is 0 Å². The smallest absolute Gasteiger partial charge is 0.0338 e.